The molecule has 7 nitrogen and oxygen atoms in total. The van der Waals surface area contributed by atoms with Crippen LogP contribution in [0, 0.1) is 6.92 Å². The second kappa shape index (κ2) is 14.9. The Morgan fingerprint density at radius 1 is 0.768 bits per heavy atom. The van der Waals surface area contributed by atoms with Gasteiger partial charge in [0.25, 0.3) is 5.91 Å². The molecule has 56 heavy (non-hydrogen) atoms. The van der Waals surface area contributed by atoms with Gasteiger partial charge >= 0.3 is 12.4 Å². The fourth-order valence-corrected chi connectivity index (χ4v) is 7.76. The minimum absolute atomic E-state index is 0.228. The first-order valence-electron chi connectivity index (χ1n) is 17.9. The molecule has 1 aliphatic rings. The molecule has 0 atom stereocenters. The number of nitrogens with one attached hydrogen (secondary N) is 2. The molecule has 13 heteroatoms. The van der Waals surface area contributed by atoms with Crippen LogP contribution < -0.4 is 15.4 Å². The third kappa shape index (κ3) is 7.09. The zero-order chi connectivity index (χ0) is 39.8. The van der Waals surface area contributed by atoms with Crippen LogP contribution in [0.3, 0.4) is 0 Å². The predicted molar refractivity (Wildman–Crippen MR) is 201 cm³/mol. The lowest BCUT2D eigenvalue weighted by molar-refractivity contribution is -0.141. The molecule has 0 unspecified atom stereocenters. The van der Waals surface area contributed by atoms with Crippen molar-refractivity contribution in [2.45, 2.75) is 50.5 Å². The van der Waals surface area contributed by atoms with Gasteiger partial charge in [0, 0.05) is 12.1 Å². The number of unbranched alkanes of at least 4 members (excludes halogenated alkanes) is 1. The van der Waals surface area contributed by atoms with E-state index in [0.29, 0.717) is 69.9 Å². The highest BCUT2D eigenvalue weighted by molar-refractivity contribution is 6.12. The third-order valence-corrected chi connectivity index (χ3v) is 10.3. The van der Waals surface area contributed by atoms with Crippen LogP contribution >= 0.6 is 0 Å². The monoisotopic (exact) mass is 770 g/mol. The van der Waals surface area contributed by atoms with Gasteiger partial charge in [0.05, 0.1) is 18.2 Å². The summed E-state index contributed by atoms with van der Waals surface area (Å²) in [7, 11) is 1.46. The lowest BCUT2D eigenvalue weighted by atomic mass is 9.73. The van der Waals surface area contributed by atoms with Gasteiger partial charge in [-0.15, -0.1) is 0 Å². The molecule has 0 saturated heterocycles. The SMILES string of the molecule is COc1ccc2c(nc(C)n2CCCCC2(C(=O)NCC(F)(F)F)c3ccccc3-c3ccccc32)c1NC(=O)c1ccccc1-c1ccc(C(F)(F)F)cc1. The maximum atomic E-state index is 13.9. The van der Waals surface area contributed by atoms with Crippen LogP contribution in [-0.4, -0.2) is 41.2 Å². The van der Waals surface area contributed by atoms with E-state index in [4.69, 9.17) is 9.72 Å². The molecule has 288 valence electrons. The van der Waals surface area contributed by atoms with Crippen molar-refractivity contribution in [2.75, 3.05) is 19.0 Å². The first-order valence-corrected chi connectivity index (χ1v) is 17.9. The van der Waals surface area contributed by atoms with Crippen LogP contribution in [-0.2, 0) is 22.9 Å². The van der Waals surface area contributed by atoms with Crippen molar-refractivity contribution in [3.63, 3.8) is 0 Å². The molecular weight excluding hydrogens is 734 g/mol. The lowest BCUT2D eigenvalue weighted by Crippen LogP contribution is -2.47. The largest absolute Gasteiger partial charge is 0.494 e. The number of fused-ring (bicyclic) bond motifs is 4. The Hall–Kier alpha value is -6.11. The van der Waals surface area contributed by atoms with Crippen LogP contribution in [0.25, 0.3) is 33.3 Å². The van der Waals surface area contributed by atoms with E-state index in [1.165, 1.54) is 19.2 Å². The fourth-order valence-electron chi connectivity index (χ4n) is 7.76. The summed E-state index contributed by atoms with van der Waals surface area (Å²) < 4.78 is 87.2. The standard InChI is InChI=1S/C43H36F6N4O3/c1-26-51-37-35(21-22-36(56-2)38(37)52-39(54)32-14-4-3-11-29(32)27-17-19-28(20-18-27)43(47,48)49)53(26)24-10-9-23-41(40(55)50-25-42(44,45)46)33-15-7-5-12-30(33)31-13-6-8-16-34(31)41/h3-8,11-22H,9-10,23-25H2,1-2H3,(H,50,55)(H,52,54). The summed E-state index contributed by atoms with van der Waals surface area (Å²) >= 11 is 0. The van der Waals surface area contributed by atoms with Crippen LogP contribution in [0.1, 0.15) is 52.1 Å². The van der Waals surface area contributed by atoms with E-state index in [-0.39, 0.29) is 12.0 Å². The Labute approximate surface area is 318 Å². The number of rotatable bonds is 11. The number of imidazole rings is 1. The molecule has 5 aromatic carbocycles. The number of anilines is 1. The number of alkyl halides is 6. The molecule has 6 aromatic rings. The van der Waals surface area contributed by atoms with E-state index in [1.807, 2.05) is 41.8 Å². The molecule has 1 aliphatic carbocycles. The van der Waals surface area contributed by atoms with E-state index in [2.05, 4.69) is 10.6 Å². The summed E-state index contributed by atoms with van der Waals surface area (Å²) in [6, 6.07) is 29.3. The van der Waals surface area contributed by atoms with Gasteiger partial charge in [0.2, 0.25) is 5.91 Å². The molecule has 1 heterocycles. The topological polar surface area (TPSA) is 85.2 Å². The van der Waals surface area contributed by atoms with Crippen LogP contribution in [0.4, 0.5) is 32.0 Å². The predicted octanol–water partition coefficient (Wildman–Crippen LogP) is 10.1. The number of benzene rings is 5. The number of aromatic nitrogens is 2. The summed E-state index contributed by atoms with van der Waals surface area (Å²) in [5.74, 6) is -0.260. The Kier molecular flexibility index (Phi) is 10.1. The Morgan fingerprint density at radius 3 is 1.98 bits per heavy atom. The van der Waals surface area contributed by atoms with Gasteiger partial charge in [0.1, 0.15) is 34.7 Å². The van der Waals surface area contributed by atoms with Crippen molar-refractivity contribution in [3.8, 4) is 28.0 Å². The number of hydrogen-bond acceptors (Lipinski definition) is 4. The number of aryl methyl sites for hydroxylation is 2. The second-order valence-corrected chi connectivity index (χ2v) is 13.6. The molecule has 0 aliphatic heterocycles. The Balaban J connectivity index is 1.14. The van der Waals surface area contributed by atoms with E-state index in [0.717, 1.165) is 23.3 Å². The van der Waals surface area contributed by atoms with Gasteiger partial charge in [-0.05, 0) is 89.9 Å². The highest BCUT2D eigenvalue weighted by atomic mass is 19.4. The second-order valence-electron chi connectivity index (χ2n) is 13.6. The van der Waals surface area contributed by atoms with Gasteiger partial charge in [0.15, 0.2) is 0 Å². The summed E-state index contributed by atoms with van der Waals surface area (Å²) in [5, 5.41) is 5.10. The highest BCUT2D eigenvalue weighted by Crippen LogP contribution is 2.51. The summed E-state index contributed by atoms with van der Waals surface area (Å²) in [6.07, 6.45) is -7.81. The first kappa shape index (κ1) is 38.2. The molecule has 0 radical (unpaired) electrons. The maximum absolute atomic E-state index is 13.9. The zero-order valence-corrected chi connectivity index (χ0v) is 30.3. The van der Waals surface area contributed by atoms with Crippen molar-refractivity contribution < 1.29 is 40.7 Å². The summed E-state index contributed by atoms with van der Waals surface area (Å²) in [4.78, 5) is 32.6. The zero-order valence-electron chi connectivity index (χ0n) is 30.3. The Morgan fingerprint density at radius 2 is 1.38 bits per heavy atom. The number of halogens is 6. The van der Waals surface area contributed by atoms with E-state index < -0.39 is 41.7 Å². The van der Waals surface area contributed by atoms with E-state index in [1.54, 1.807) is 54.6 Å². The molecule has 7 rings (SSSR count). The van der Waals surface area contributed by atoms with E-state index in [9.17, 15) is 35.9 Å². The average molecular weight is 771 g/mol. The van der Waals surface area contributed by atoms with Gasteiger partial charge in [-0.25, -0.2) is 4.98 Å². The minimum atomic E-state index is -4.58. The van der Waals surface area contributed by atoms with Gasteiger partial charge in [-0.3, -0.25) is 9.59 Å². The van der Waals surface area contributed by atoms with Crippen molar-refractivity contribution >= 4 is 28.5 Å². The fraction of sp³-hybridized carbons (Fsp3) is 0.233. The number of carbonyl (C=O) groups excluding carboxylic acids is 2. The third-order valence-electron chi connectivity index (χ3n) is 10.3. The highest BCUT2D eigenvalue weighted by Gasteiger charge is 2.49. The molecule has 0 saturated carbocycles. The molecular formula is C43H36F6N4O3. The quantitative estimate of drug-likeness (QED) is 0.102. The number of ether oxygens (including phenoxy) is 1. The molecule has 0 bridgehead atoms. The van der Waals surface area contributed by atoms with Crippen LogP contribution in [0.15, 0.2) is 109 Å². The minimum Gasteiger partial charge on any atom is -0.494 e. The molecule has 2 N–H and O–H groups in total. The summed E-state index contributed by atoms with van der Waals surface area (Å²) in [5.41, 5.74) is 3.35. The maximum Gasteiger partial charge on any atom is 0.416 e. The van der Waals surface area contributed by atoms with Crippen LogP contribution in [0.2, 0.25) is 0 Å². The summed E-state index contributed by atoms with van der Waals surface area (Å²) in [6.45, 7) is 0.816. The van der Waals surface area contributed by atoms with Gasteiger partial charge in [-0.1, -0.05) is 78.9 Å². The van der Waals surface area contributed by atoms with Crippen LogP contribution in [0.5, 0.6) is 5.75 Å². The molecule has 0 fully saturated rings. The molecule has 2 amide bonds. The Bertz CT molecular complexity index is 2390. The molecule has 1 aromatic heterocycles. The van der Waals surface area contributed by atoms with Crippen molar-refractivity contribution in [1.82, 2.24) is 14.9 Å². The number of methoxy groups -OCH3 is 1. The van der Waals surface area contributed by atoms with E-state index >= 15 is 0 Å². The number of nitrogens with zero attached hydrogens (tertiary/aromatic N) is 2. The lowest BCUT2D eigenvalue weighted by Gasteiger charge is -2.31. The smallest absolute Gasteiger partial charge is 0.416 e. The number of carbonyl (C=O) groups is 2. The van der Waals surface area contributed by atoms with Gasteiger partial charge in [-0.2, -0.15) is 26.3 Å². The molecule has 0 spiro atoms. The van der Waals surface area contributed by atoms with Gasteiger partial charge < -0.3 is 19.9 Å². The van der Waals surface area contributed by atoms with Crippen molar-refractivity contribution in [3.05, 3.63) is 137 Å². The van der Waals surface area contributed by atoms with Crippen molar-refractivity contribution in [1.29, 1.82) is 0 Å². The normalized spacial score (nSPS) is 13.3. The average Bonchev–Trinajstić information content (AvgIpc) is 3.66. The first-order chi connectivity index (χ1) is 26.7. The van der Waals surface area contributed by atoms with Crippen molar-refractivity contribution in [2.24, 2.45) is 0 Å². The number of amides is 2. The number of hydrogen-bond donors (Lipinski definition) is 2.